The predicted molar refractivity (Wildman–Crippen MR) is 55.0 cm³/mol. The Morgan fingerprint density at radius 2 is 2.06 bits per heavy atom. The van der Waals surface area contributed by atoms with Crippen molar-refractivity contribution in [1.82, 2.24) is 9.78 Å². The number of aromatic nitrogens is 2. The Hall–Kier alpha value is -1.04. The predicted octanol–water partition coefficient (Wildman–Crippen LogP) is 2.29. The second kappa shape index (κ2) is 4.86. The van der Waals surface area contributed by atoms with E-state index in [9.17, 15) is 13.2 Å². The zero-order chi connectivity index (χ0) is 12.3. The Morgan fingerprint density at radius 1 is 1.44 bits per heavy atom. The minimum absolute atomic E-state index is 0.152. The standard InChI is InChI=1S/C10H16F3N3/c1-7(2)16-4-3-9(15-16)5-8(14)6-10(11,12)13/h3-4,7-8H,5-6,14H2,1-2H3. The summed E-state index contributed by atoms with van der Waals surface area (Å²) in [6.45, 7) is 3.90. The highest BCUT2D eigenvalue weighted by atomic mass is 19.4. The lowest BCUT2D eigenvalue weighted by molar-refractivity contribution is -0.138. The Labute approximate surface area is 92.4 Å². The molecule has 0 saturated carbocycles. The van der Waals surface area contributed by atoms with Gasteiger partial charge in [0.2, 0.25) is 0 Å². The molecule has 3 nitrogen and oxygen atoms in total. The second-order valence-electron chi connectivity index (χ2n) is 4.16. The highest BCUT2D eigenvalue weighted by molar-refractivity contribution is 5.02. The van der Waals surface area contributed by atoms with Crippen LogP contribution in [0.3, 0.4) is 0 Å². The monoisotopic (exact) mass is 235 g/mol. The Balaban J connectivity index is 2.53. The molecule has 1 unspecified atom stereocenters. The van der Waals surface area contributed by atoms with E-state index in [1.54, 1.807) is 16.9 Å². The number of alkyl halides is 3. The summed E-state index contributed by atoms with van der Waals surface area (Å²) < 4.78 is 37.8. The minimum atomic E-state index is -4.21. The maximum absolute atomic E-state index is 12.0. The van der Waals surface area contributed by atoms with Gasteiger partial charge >= 0.3 is 6.18 Å². The summed E-state index contributed by atoms with van der Waals surface area (Å²) in [7, 11) is 0. The fraction of sp³-hybridized carbons (Fsp3) is 0.700. The van der Waals surface area contributed by atoms with Crippen molar-refractivity contribution in [3.63, 3.8) is 0 Å². The molecule has 92 valence electrons. The molecule has 0 saturated heterocycles. The first kappa shape index (κ1) is 13.0. The molecule has 0 spiro atoms. The first-order chi connectivity index (χ1) is 7.28. The normalized spacial score (nSPS) is 14.4. The van der Waals surface area contributed by atoms with Gasteiger partial charge in [0, 0.05) is 24.7 Å². The molecule has 0 bridgehead atoms. The molecule has 1 heterocycles. The highest BCUT2D eigenvalue weighted by Crippen LogP contribution is 2.22. The molecule has 1 rings (SSSR count). The van der Waals surface area contributed by atoms with E-state index in [1.807, 2.05) is 13.8 Å². The van der Waals surface area contributed by atoms with Crippen LogP contribution in [-0.4, -0.2) is 22.0 Å². The molecule has 16 heavy (non-hydrogen) atoms. The van der Waals surface area contributed by atoms with Gasteiger partial charge in [-0.1, -0.05) is 0 Å². The van der Waals surface area contributed by atoms with Crippen molar-refractivity contribution in [3.05, 3.63) is 18.0 Å². The molecular formula is C10H16F3N3. The number of nitrogens with zero attached hydrogens (tertiary/aromatic N) is 2. The van der Waals surface area contributed by atoms with Gasteiger partial charge < -0.3 is 5.73 Å². The van der Waals surface area contributed by atoms with E-state index < -0.39 is 18.6 Å². The van der Waals surface area contributed by atoms with Crippen LogP contribution in [0.4, 0.5) is 13.2 Å². The lowest BCUT2D eigenvalue weighted by Crippen LogP contribution is -2.29. The van der Waals surface area contributed by atoms with Crippen LogP contribution in [0.25, 0.3) is 0 Å². The fourth-order valence-corrected chi connectivity index (χ4v) is 1.41. The quantitative estimate of drug-likeness (QED) is 0.870. The molecule has 1 aromatic rings. The number of nitrogens with two attached hydrogens (primary N) is 1. The summed E-state index contributed by atoms with van der Waals surface area (Å²) in [5, 5.41) is 4.15. The zero-order valence-corrected chi connectivity index (χ0v) is 9.33. The van der Waals surface area contributed by atoms with Gasteiger partial charge in [0.05, 0.1) is 12.1 Å². The van der Waals surface area contributed by atoms with Crippen molar-refractivity contribution in [2.24, 2.45) is 5.73 Å². The van der Waals surface area contributed by atoms with Crippen LogP contribution in [0.2, 0.25) is 0 Å². The Bertz CT molecular complexity index is 330. The molecule has 0 aliphatic heterocycles. The molecule has 6 heteroatoms. The molecule has 0 radical (unpaired) electrons. The van der Waals surface area contributed by atoms with E-state index in [2.05, 4.69) is 5.10 Å². The summed E-state index contributed by atoms with van der Waals surface area (Å²) in [5.74, 6) is 0. The van der Waals surface area contributed by atoms with E-state index >= 15 is 0 Å². The number of hydrogen-bond acceptors (Lipinski definition) is 2. The largest absolute Gasteiger partial charge is 0.390 e. The van der Waals surface area contributed by atoms with Crippen LogP contribution in [0.5, 0.6) is 0 Å². The van der Waals surface area contributed by atoms with E-state index in [0.717, 1.165) is 0 Å². The molecule has 0 fully saturated rings. The van der Waals surface area contributed by atoms with E-state index in [0.29, 0.717) is 5.69 Å². The Kier molecular flexibility index (Phi) is 3.96. The van der Waals surface area contributed by atoms with Crippen molar-refractivity contribution in [3.8, 4) is 0 Å². The highest BCUT2D eigenvalue weighted by Gasteiger charge is 2.30. The molecule has 1 aromatic heterocycles. The van der Waals surface area contributed by atoms with E-state index in [1.165, 1.54) is 0 Å². The van der Waals surface area contributed by atoms with Crippen LogP contribution in [-0.2, 0) is 6.42 Å². The average Bonchev–Trinajstić information content (AvgIpc) is 2.48. The molecule has 0 aromatic carbocycles. The maximum Gasteiger partial charge on any atom is 0.390 e. The summed E-state index contributed by atoms with van der Waals surface area (Å²) in [4.78, 5) is 0. The van der Waals surface area contributed by atoms with Crippen LogP contribution < -0.4 is 5.73 Å². The van der Waals surface area contributed by atoms with Crippen molar-refractivity contribution in [2.45, 2.75) is 44.9 Å². The van der Waals surface area contributed by atoms with Gasteiger partial charge in [0.15, 0.2) is 0 Å². The van der Waals surface area contributed by atoms with Crippen molar-refractivity contribution < 1.29 is 13.2 Å². The van der Waals surface area contributed by atoms with Crippen LogP contribution >= 0.6 is 0 Å². The zero-order valence-electron chi connectivity index (χ0n) is 9.33. The minimum Gasteiger partial charge on any atom is -0.327 e. The van der Waals surface area contributed by atoms with Crippen molar-refractivity contribution >= 4 is 0 Å². The number of hydrogen-bond donors (Lipinski definition) is 1. The third-order valence-corrected chi connectivity index (χ3v) is 2.16. The van der Waals surface area contributed by atoms with Gasteiger partial charge in [-0.25, -0.2) is 0 Å². The topological polar surface area (TPSA) is 43.8 Å². The number of rotatable bonds is 4. The molecule has 2 N–H and O–H groups in total. The van der Waals surface area contributed by atoms with Gasteiger partial charge in [-0.05, 0) is 19.9 Å². The third-order valence-electron chi connectivity index (χ3n) is 2.16. The molecule has 0 aliphatic carbocycles. The molecule has 0 aliphatic rings. The fourth-order valence-electron chi connectivity index (χ4n) is 1.41. The smallest absolute Gasteiger partial charge is 0.327 e. The van der Waals surface area contributed by atoms with E-state index in [-0.39, 0.29) is 12.5 Å². The van der Waals surface area contributed by atoms with Gasteiger partial charge in [0.25, 0.3) is 0 Å². The van der Waals surface area contributed by atoms with E-state index in [4.69, 9.17) is 5.73 Å². The Morgan fingerprint density at radius 3 is 2.50 bits per heavy atom. The average molecular weight is 235 g/mol. The SMILES string of the molecule is CC(C)n1ccc(CC(N)CC(F)(F)F)n1. The summed E-state index contributed by atoms with van der Waals surface area (Å²) in [6.07, 6.45) is -3.28. The van der Waals surface area contributed by atoms with Gasteiger partial charge in [0.1, 0.15) is 0 Å². The van der Waals surface area contributed by atoms with Crippen LogP contribution in [0, 0.1) is 0 Å². The summed E-state index contributed by atoms with van der Waals surface area (Å²) >= 11 is 0. The molecular weight excluding hydrogens is 219 g/mol. The first-order valence-electron chi connectivity index (χ1n) is 5.14. The maximum atomic E-state index is 12.0. The number of halogens is 3. The first-order valence-corrected chi connectivity index (χ1v) is 5.14. The lowest BCUT2D eigenvalue weighted by Gasteiger charge is -2.12. The molecule has 0 amide bonds. The van der Waals surface area contributed by atoms with Crippen LogP contribution in [0.1, 0.15) is 32.0 Å². The lowest BCUT2D eigenvalue weighted by atomic mass is 10.1. The van der Waals surface area contributed by atoms with Gasteiger partial charge in [-0.15, -0.1) is 0 Å². The van der Waals surface area contributed by atoms with Gasteiger partial charge in [-0.2, -0.15) is 18.3 Å². The summed E-state index contributed by atoms with van der Waals surface area (Å²) in [6, 6.07) is 0.985. The van der Waals surface area contributed by atoms with Crippen molar-refractivity contribution in [1.29, 1.82) is 0 Å². The second-order valence-corrected chi connectivity index (χ2v) is 4.16. The van der Waals surface area contributed by atoms with Gasteiger partial charge in [-0.3, -0.25) is 4.68 Å². The van der Waals surface area contributed by atoms with Crippen LogP contribution in [0.15, 0.2) is 12.3 Å². The van der Waals surface area contributed by atoms with Crippen molar-refractivity contribution in [2.75, 3.05) is 0 Å². The summed E-state index contributed by atoms with van der Waals surface area (Å²) in [5.41, 5.74) is 6.01. The molecule has 1 atom stereocenters. The third kappa shape index (κ3) is 4.22.